The lowest BCUT2D eigenvalue weighted by Crippen LogP contribution is -2.07. The molecule has 0 unspecified atom stereocenters. The molecule has 114 valence electrons. The summed E-state index contributed by atoms with van der Waals surface area (Å²) in [6.45, 7) is 4.28. The molecular formula is C16H15N7. The average Bonchev–Trinajstić information content (AvgIpc) is 3.11. The lowest BCUT2D eigenvalue weighted by atomic mass is 10.1. The molecule has 0 aliphatic carbocycles. The number of nitrogens with one attached hydrogen (secondary N) is 1. The van der Waals surface area contributed by atoms with E-state index in [0.717, 1.165) is 22.5 Å². The number of nitrogens with zero attached hydrogens (tertiary/aromatic N) is 6. The standard InChI is InChI=1S/C16H15N7/c1-11-12(2)21-22-16(15(11)7-17)19-8-13-3-5-14(6-4-13)23-10-18-9-20-23/h3-6,9-10H,8H2,1-2H3,(H,19,22). The maximum atomic E-state index is 9.29. The largest absolute Gasteiger partial charge is 0.363 e. The summed E-state index contributed by atoms with van der Waals surface area (Å²) in [5.74, 6) is 0.510. The third-order valence-electron chi connectivity index (χ3n) is 3.65. The van der Waals surface area contributed by atoms with Crippen molar-refractivity contribution in [3.05, 3.63) is 59.3 Å². The Kier molecular flexibility index (Phi) is 3.97. The molecule has 3 aromatic rings. The van der Waals surface area contributed by atoms with Crippen molar-refractivity contribution in [3.8, 4) is 11.8 Å². The quantitative estimate of drug-likeness (QED) is 0.794. The summed E-state index contributed by atoms with van der Waals surface area (Å²) in [4.78, 5) is 3.93. The summed E-state index contributed by atoms with van der Waals surface area (Å²) in [7, 11) is 0. The summed E-state index contributed by atoms with van der Waals surface area (Å²) in [6.07, 6.45) is 3.15. The van der Waals surface area contributed by atoms with Gasteiger partial charge in [0.2, 0.25) is 0 Å². The van der Waals surface area contributed by atoms with Crippen molar-refractivity contribution in [1.82, 2.24) is 25.0 Å². The fourth-order valence-electron chi connectivity index (χ4n) is 2.16. The Bertz CT molecular complexity index is 845. The number of aromatic nitrogens is 5. The van der Waals surface area contributed by atoms with Crippen LogP contribution in [0.2, 0.25) is 0 Å². The van der Waals surface area contributed by atoms with E-state index in [-0.39, 0.29) is 0 Å². The van der Waals surface area contributed by atoms with E-state index < -0.39 is 0 Å². The summed E-state index contributed by atoms with van der Waals surface area (Å²) < 4.78 is 1.69. The lowest BCUT2D eigenvalue weighted by molar-refractivity contribution is 0.877. The fourth-order valence-corrected chi connectivity index (χ4v) is 2.16. The van der Waals surface area contributed by atoms with Gasteiger partial charge in [0.15, 0.2) is 5.82 Å². The zero-order valence-electron chi connectivity index (χ0n) is 12.9. The highest BCUT2D eigenvalue weighted by Gasteiger charge is 2.10. The van der Waals surface area contributed by atoms with Crippen molar-refractivity contribution < 1.29 is 0 Å². The van der Waals surface area contributed by atoms with E-state index in [2.05, 4.69) is 31.7 Å². The Labute approximate surface area is 133 Å². The molecule has 0 bridgehead atoms. The molecular weight excluding hydrogens is 290 g/mol. The monoisotopic (exact) mass is 305 g/mol. The zero-order valence-corrected chi connectivity index (χ0v) is 12.9. The summed E-state index contributed by atoms with van der Waals surface area (Å²) in [5.41, 5.74) is 4.17. The van der Waals surface area contributed by atoms with Gasteiger partial charge in [-0.3, -0.25) is 0 Å². The number of anilines is 1. The van der Waals surface area contributed by atoms with Gasteiger partial charge in [-0.25, -0.2) is 9.67 Å². The van der Waals surface area contributed by atoms with Crippen LogP contribution in [0.3, 0.4) is 0 Å². The third kappa shape index (κ3) is 3.01. The first kappa shape index (κ1) is 14.7. The minimum Gasteiger partial charge on any atom is -0.363 e. The van der Waals surface area contributed by atoms with Crippen LogP contribution in [0, 0.1) is 25.2 Å². The van der Waals surface area contributed by atoms with Gasteiger partial charge in [0.25, 0.3) is 0 Å². The number of nitriles is 1. The van der Waals surface area contributed by atoms with Crippen molar-refractivity contribution in [2.24, 2.45) is 0 Å². The van der Waals surface area contributed by atoms with Crippen LogP contribution in [0.1, 0.15) is 22.4 Å². The first-order chi connectivity index (χ1) is 11.2. The molecule has 3 rings (SSSR count). The molecule has 0 saturated carbocycles. The van der Waals surface area contributed by atoms with Crippen LogP contribution in [0.15, 0.2) is 36.9 Å². The minimum atomic E-state index is 0.510. The first-order valence-electron chi connectivity index (χ1n) is 7.11. The highest BCUT2D eigenvalue weighted by molar-refractivity contribution is 5.56. The third-order valence-corrected chi connectivity index (χ3v) is 3.65. The maximum Gasteiger partial charge on any atom is 0.167 e. The van der Waals surface area contributed by atoms with E-state index in [4.69, 9.17) is 0 Å². The van der Waals surface area contributed by atoms with Crippen LogP contribution >= 0.6 is 0 Å². The normalized spacial score (nSPS) is 10.3. The van der Waals surface area contributed by atoms with Crippen LogP contribution in [0.5, 0.6) is 0 Å². The van der Waals surface area contributed by atoms with Crippen molar-refractivity contribution >= 4 is 5.82 Å². The molecule has 7 nitrogen and oxygen atoms in total. The van der Waals surface area contributed by atoms with Crippen LogP contribution in [0.4, 0.5) is 5.82 Å². The van der Waals surface area contributed by atoms with Gasteiger partial charge < -0.3 is 5.32 Å². The molecule has 0 aliphatic heterocycles. The summed E-state index contributed by atoms with van der Waals surface area (Å²) in [5, 5.41) is 24.7. The van der Waals surface area contributed by atoms with Crippen LogP contribution in [-0.4, -0.2) is 25.0 Å². The van der Waals surface area contributed by atoms with Gasteiger partial charge >= 0.3 is 0 Å². The summed E-state index contributed by atoms with van der Waals surface area (Å²) in [6, 6.07) is 10.1. The van der Waals surface area contributed by atoms with Gasteiger partial charge in [-0.1, -0.05) is 12.1 Å². The van der Waals surface area contributed by atoms with Gasteiger partial charge in [0.1, 0.15) is 24.3 Å². The minimum absolute atomic E-state index is 0.510. The van der Waals surface area contributed by atoms with E-state index >= 15 is 0 Å². The molecule has 0 atom stereocenters. The lowest BCUT2D eigenvalue weighted by Gasteiger charge is -2.10. The smallest absolute Gasteiger partial charge is 0.167 e. The van der Waals surface area contributed by atoms with Crippen molar-refractivity contribution in [1.29, 1.82) is 5.26 Å². The van der Waals surface area contributed by atoms with Crippen LogP contribution in [-0.2, 0) is 6.54 Å². The first-order valence-corrected chi connectivity index (χ1v) is 7.11. The topological polar surface area (TPSA) is 92.3 Å². The molecule has 1 aromatic carbocycles. The molecule has 0 radical (unpaired) electrons. The number of hydrogen-bond donors (Lipinski definition) is 1. The molecule has 23 heavy (non-hydrogen) atoms. The van der Waals surface area contributed by atoms with Gasteiger partial charge in [-0.05, 0) is 37.1 Å². The Balaban J connectivity index is 1.74. The van der Waals surface area contributed by atoms with Gasteiger partial charge in [-0.15, -0.1) is 5.10 Å². The van der Waals surface area contributed by atoms with Crippen LogP contribution in [0.25, 0.3) is 5.69 Å². The molecule has 1 N–H and O–H groups in total. The molecule has 2 heterocycles. The number of benzene rings is 1. The van der Waals surface area contributed by atoms with E-state index in [1.54, 1.807) is 11.0 Å². The highest BCUT2D eigenvalue weighted by Crippen LogP contribution is 2.18. The molecule has 0 saturated heterocycles. The van der Waals surface area contributed by atoms with Crippen molar-refractivity contribution in [3.63, 3.8) is 0 Å². The van der Waals surface area contributed by atoms with E-state index in [0.29, 0.717) is 17.9 Å². The molecule has 0 amide bonds. The van der Waals surface area contributed by atoms with Gasteiger partial charge in [-0.2, -0.15) is 15.5 Å². The highest BCUT2D eigenvalue weighted by atomic mass is 15.3. The van der Waals surface area contributed by atoms with E-state index in [1.165, 1.54) is 6.33 Å². The van der Waals surface area contributed by atoms with Gasteiger partial charge in [0, 0.05) is 6.54 Å². The van der Waals surface area contributed by atoms with Gasteiger partial charge in [0.05, 0.1) is 11.4 Å². The van der Waals surface area contributed by atoms with E-state index in [1.807, 2.05) is 38.1 Å². The number of aryl methyl sites for hydroxylation is 1. The predicted molar refractivity (Wildman–Crippen MR) is 84.9 cm³/mol. The molecule has 0 aliphatic rings. The number of hydrogen-bond acceptors (Lipinski definition) is 6. The Morgan fingerprint density at radius 1 is 1.17 bits per heavy atom. The zero-order chi connectivity index (χ0) is 16.2. The Morgan fingerprint density at radius 2 is 1.96 bits per heavy atom. The van der Waals surface area contributed by atoms with Crippen LogP contribution < -0.4 is 5.32 Å². The fraction of sp³-hybridized carbons (Fsp3) is 0.188. The second-order valence-corrected chi connectivity index (χ2v) is 5.11. The average molecular weight is 305 g/mol. The van der Waals surface area contributed by atoms with Crippen molar-refractivity contribution in [2.45, 2.75) is 20.4 Å². The SMILES string of the molecule is Cc1nnc(NCc2ccc(-n3cncn3)cc2)c(C#N)c1C. The van der Waals surface area contributed by atoms with E-state index in [9.17, 15) is 5.26 Å². The Hall–Kier alpha value is -3.27. The molecule has 2 aromatic heterocycles. The maximum absolute atomic E-state index is 9.29. The second kappa shape index (κ2) is 6.23. The summed E-state index contributed by atoms with van der Waals surface area (Å²) >= 11 is 0. The van der Waals surface area contributed by atoms with Crippen molar-refractivity contribution in [2.75, 3.05) is 5.32 Å². The predicted octanol–water partition coefficient (Wildman–Crippen LogP) is 2.16. The molecule has 0 spiro atoms. The molecule has 7 heteroatoms. The number of rotatable bonds is 4. The second-order valence-electron chi connectivity index (χ2n) is 5.11. The Morgan fingerprint density at radius 3 is 2.61 bits per heavy atom. The molecule has 0 fully saturated rings.